The number of carbonyl (C=O) groups is 1. The molecule has 168 valence electrons. The Kier molecular flexibility index (Phi) is 7.29. The lowest BCUT2D eigenvalue weighted by Crippen LogP contribution is -2.41. The minimum Gasteiger partial charge on any atom is -0.496 e. The Hall–Kier alpha value is -2.61. The number of morpholine rings is 1. The monoisotopic (exact) mass is 498 g/mol. The van der Waals surface area contributed by atoms with Crippen molar-refractivity contribution in [3.63, 3.8) is 0 Å². The number of furan rings is 1. The summed E-state index contributed by atoms with van der Waals surface area (Å²) in [5.41, 5.74) is 4.50. The molecule has 0 radical (unpaired) electrons. The van der Waals surface area contributed by atoms with Crippen LogP contribution in [0, 0.1) is 0 Å². The standard InChI is InChI=1S/C25H27BrN2O4/c1-17(13-25(29)27-7-8-28-9-11-31-12-10-28)20-14-21-22(18-3-5-19(26)6-4-18)16-32-24(21)15-23(20)30-2/h3-6,13-16H,7-12H2,1-2H3,(H,27,29)/b17-13+. The first kappa shape index (κ1) is 22.6. The molecule has 1 aromatic heterocycles. The Morgan fingerprint density at radius 2 is 1.97 bits per heavy atom. The molecule has 1 aliphatic heterocycles. The van der Waals surface area contributed by atoms with Gasteiger partial charge in [-0.1, -0.05) is 28.1 Å². The van der Waals surface area contributed by atoms with Crippen molar-refractivity contribution < 1.29 is 18.7 Å². The number of carbonyl (C=O) groups excluding carboxylic acids is 1. The van der Waals surface area contributed by atoms with Crippen LogP contribution >= 0.6 is 15.9 Å². The molecule has 0 spiro atoms. The first-order chi connectivity index (χ1) is 15.5. The van der Waals surface area contributed by atoms with Crippen LogP contribution in [0.4, 0.5) is 0 Å². The number of nitrogens with one attached hydrogen (secondary N) is 1. The molecule has 1 fully saturated rings. The number of hydrogen-bond donors (Lipinski definition) is 1. The molecular weight excluding hydrogens is 472 g/mol. The Labute approximate surface area is 196 Å². The number of benzene rings is 2. The van der Waals surface area contributed by atoms with Gasteiger partial charge in [0, 0.05) is 59.3 Å². The zero-order valence-electron chi connectivity index (χ0n) is 18.3. The first-order valence-corrected chi connectivity index (χ1v) is 11.5. The lowest BCUT2D eigenvalue weighted by molar-refractivity contribution is -0.116. The molecule has 0 aliphatic carbocycles. The predicted octanol–water partition coefficient (Wildman–Crippen LogP) is 4.72. The lowest BCUT2D eigenvalue weighted by atomic mass is 9.99. The summed E-state index contributed by atoms with van der Waals surface area (Å²) >= 11 is 3.48. The van der Waals surface area contributed by atoms with Crippen LogP contribution in [0.1, 0.15) is 12.5 Å². The summed E-state index contributed by atoms with van der Waals surface area (Å²) in [6.45, 7) is 6.68. The summed E-state index contributed by atoms with van der Waals surface area (Å²) in [5.74, 6) is 0.558. The fourth-order valence-electron chi connectivity index (χ4n) is 3.87. The van der Waals surface area contributed by atoms with Crippen molar-refractivity contribution in [2.75, 3.05) is 46.5 Å². The molecule has 1 aliphatic rings. The third kappa shape index (κ3) is 5.23. The minimum atomic E-state index is -0.113. The van der Waals surface area contributed by atoms with Crippen molar-refractivity contribution in [3.8, 4) is 16.9 Å². The molecule has 0 unspecified atom stereocenters. The van der Waals surface area contributed by atoms with E-state index in [1.165, 1.54) is 0 Å². The van der Waals surface area contributed by atoms with E-state index in [1.807, 2.05) is 43.3 Å². The summed E-state index contributed by atoms with van der Waals surface area (Å²) in [6.07, 6.45) is 3.39. The highest BCUT2D eigenvalue weighted by Gasteiger charge is 2.15. The normalized spacial score (nSPS) is 15.2. The molecule has 0 saturated carbocycles. The molecule has 1 amide bonds. The number of nitrogens with zero attached hydrogens (tertiary/aromatic N) is 1. The first-order valence-electron chi connectivity index (χ1n) is 10.7. The molecule has 6 nitrogen and oxygen atoms in total. The number of methoxy groups -OCH3 is 1. The van der Waals surface area contributed by atoms with Crippen LogP contribution in [0.15, 0.2) is 57.6 Å². The van der Waals surface area contributed by atoms with Gasteiger partial charge in [0.25, 0.3) is 0 Å². The second-order valence-corrected chi connectivity index (χ2v) is 8.69. The molecule has 2 heterocycles. The van der Waals surface area contributed by atoms with E-state index in [0.29, 0.717) is 12.3 Å². The van der Waals surface area contributed by atoms with E-state index in [4.69, 9.17) is 13.9 Å². The Balaban J connectivity index is 1.54. The zero-order valence-corrected chi connectivity index (χ0v) is 19.9. The summed E-state index contributed by atoms with van der Waals surface area (Å²) < 4.78 is 17.8. The van der Waals surface area contributed by atoms with Crippen LogP contribution in [-0.2, 0) is 9.53 Å². The number of amides is 1. The van der Waals surface area contributed by atoms with E-state index in [-0.39, 0.29) is 5.91 Å². The third-order valence-electron chi connectivity index (χ3n) is 5.65. The zero-order chi connectivity index (χ0) is 22.5. The highest BCUT2D eigenvalue weighted by Crippen LogP contribution is 2.37. The smallest absolute Gasteiger partial charge is 0.244 e. The van der Waals surface area contributed by atoms with E-state index >= 15 is 0 Å². The second-order valence-electron chi connectivity index (χ2n) is 7.78. The Morgan fingerprint density at radius 1 is 1.22 bits per heavy atom. The van der Waals surface area contributed by atoms with Crippen molar-refractivity contribution in [1.29, 1.82) is 0 Å². The molecule has 1 N–H and O–H groups in total. The number of hydrogen-bond acceptors (Lipinski definition) is 5. The largest absolute Gasteiger partial charge is 0.496 e. The maximum atomic E-state index is 12.5. The molecular formula is C25H27BrN2O4. The van der Waals surface area contributed by atoms with Crippen molar-refractivity contribution in [2.24, 2.45) is 0 Å². The molecule has 4 rings (SSSR count). The summed E-state index contributed by atoms with van der Waals surface area (Å²) in [4.78, 5) is 14.8. The second kappa shape index (κ2) is 10.3. The molecule has 2 aromatic carbocycles. The van der Waals surface area contributed by atoms with Crippen molar-refractivity contribution in [2.45, 2.75) is 6.92 Å². The average molecular weight is 499 g/mol. The summed E-state index contributed by atoms with van der Waals surface area (Å²) in [6, 6.07) is 12.0. The number of ether oxygens (including phenoxy) is 2. The van der Waals surface area contributed by atoms with Gasteiger partial charge in [-0.2, -0.15) is 0 Å². The maximum Gasteiger partial charge on any atom is 0.244 e. The van der Waals surface area contributed by atoms with Gasteiger partial charge in [-0.3, -0.25) is 9.69 Å². The van der Waals surface area contributed by atoms with E-state index in [2.05, 4.69) is 26.1 Å². The van der Waals surface area contributed by atoms with Crippen LogP contribution < -0.4 is 10.1 Å². The van der Waals surface area contributed by atoms with E-state index in [1.54, 1.807) is 19.4 Å². The molecule has 1 saturated heterocycles. The maximum absolute atomic E-state index is 12.5. The predicted molar refractivity (Wildman–Crippen MR) is 130 cm³/mol. The van der Waals surface area contributed by atoms with Crippen LogP contribution in [0.5, 0.6) is 5.75 Å². The van der Waals surface area contributed by atoms with Gasteiger partial charge in [0.15, 0.2) is 0 Å². The van der Waals surface area contributed by atoms with Gasteiger partial charge in [-0.05, 0) is 36.3 Å². The number of rotatable bonds is 7. The van der Waals surface area contributed by atoms with E-state index in [9.17, 15) is 4.79 Å². The topological polar surface area (TPSA) is 63.9 Å². The fraction of sp³-hybridized carbons (Fsp3) is 0.320. The highest BCUT2D eigenvalue weighted by atomic mass is 79.9. The van der Waals surface area contributed by atoms with Gasteiger partial charge < -0.3 is 19.2 Å². The van der Waals surface area contributed by atoms with Gasteiger partial charge in [0.2, 0.25) is 5.91 Å². The molecule has 32 heavy (non-hydrogen) atoms. The van der Waals surface area contributed by atoms with Gasteiger partial charge in [0.05, 0.1) is 26.6 Å². The average Bonchev–Trinajstić information content (AvgIpc) is 3.22. The van der Waals surface area contributed by atoms with Crippen LogP contribution in [0.3, 0.4) is 0 Å². The van der Waals surface area contributed by atoms with E-state index in [0.717, 1.165) is 70.6 Å². The Morgan fingerprint density at radius 3 is 2.69 bits per heavy atom. The fourth-order valence-corrected chi connectivity index (χ4v) is 4.14. The summed E-state index contributed by atoms with van der Waals surface area (Å²) in [7, 11) is 1.62. The number of fused-ring (bicyclic) bond motifs is 1. The third-order valence-corrected chi connectivity index (χ3v) is 6.18. The van der Waals surface area contributed by atoms with E-state index < -0.39 is 0 Å². The molecule has 0 atom stereocenters. The van der Waals surface area contributed by atoms with Crippen molar-refractivity contribution >= 4 is 38.4 Å². The molecule has 0 bridgehead atoms. The number of halogens is 1. The van der Waals surface area contributed by atoms with Gasteiger partial charge in [0.1, 0.15) is 11.3 Å². The van der Waals surface area contributed by atoms with Crippen molar-refractivity contribution in [3.05, 3.63) is 58.8 Å². The Bertz CT molecular complexity index is 1110. The van der Waals surface area contributed by atoms with Gasteiger partial charge in [-0.15, -0.1) is 0 Å². The minimum absolute atomic E-state index is 0.113. The van der Waals surface area contributed by atoms with Crippen LogP contribution in [0.2, 0.25) is 0 Å². The molecule has 3 aromatic rings. The van der Waals surface area contributed by atoms with Crippen LogP contribution in [-0.4, -0.2) is 57.3 Å². The van der Waals surface area contributed by atoms with Crippen LogP contribution in [0.25, 0.3) is 27.7 Å². The van der Waals surface area contributed by atoms with Crippen molar-refractivity contribution in [1.82, 2.24) is 10.2 Å². The SMILES string of the molecule is COc1cc2occ(-c3ccc(Br)cc3)c2cc1/C(C)=C/C(=O)NCCN1CCOCC1. The summed E-state index contributed by atoms with van der Waals surface area (Å²) in [5, 5.41) is 3.96. The highest BCUT2D eigenvalue weighted by molar-refractivity contribution is 9.10. The molecule has 7 heteroatoms. The quantitative estimate of drug-likeness (QED) is 0.477. The van der Waals surface area contributed by atoms with Gasteiger partial charge >= 0.3 is 0 Å². The lowest BCUT2D eigenvalue weighted by Gasteiger charge is -2.26. The number of allylic oxidation sites excluding steroid dienone is 1. The van der Waals surface area contributed by atoms with Gasteiger partial charge in [-0.25, -0.2) is 0 Å².